The summed E-state index contributed by atoms with van der Waals surface area (Å²) in [5, 5.41) is 0.191. The maximum absolute atomic E-state index is 13.1. The van der Waals surface area contributed by atoms with Crippen LogP contribution in [0.25, 0.3) is 10.6 Å². The van der Waals surface area contributed by atoms with Gasteiger partial charge in [0.05, 0.1) is 4.88 Å². The van der Waals surface area contributed by atoms with E-state index in [1.807, 2.05) is 0 Å². The summed E-state index contributed by atoms with van der Waals surface area (Å²) in [6, 6.07) is 4.08. The molecule has 7 heteroatoms. The summed E-state index contributed by atoms with van der Waals surface area (Å²) in [5.74, 6) is -0.407. The second-order valence-electron chi connectivity index (χ2n) is 3.96. The Morgan fingerprint density at radius 1 is 1.32 bits per heavy atom. The Balaban J connectivity index is 2.51. The summed E-state index contributed by atoms with van der Waals surface area (Å²) in [6.07, 6.45) is -4.53. The molecule has 0 amide bonds. The van der Waals surface area contributed by atoms with Gasteiger partial charge in [-0.25, -0.2) is 9.37 Å². The average Bonchev–Trinajstić information content (AvgIpc) is 2.76. The van der Waals surface area contributed by atoms with E-state index in [1.54, 1.807) is 6.92 Å². The molecule has 0 aliphatic rings. The van der Waals surface area contributed by atoms with E-state index in [0.29, 0.717) is 11.1 Å². The van der Waals surface area contributed by atoms with E-state index < -0.39 is 17.7 Å². The van der Waals surface area contributed by atoms with E-state index >= 15 is 0 Å². The minimum absolute atomic E-state index is 0.0236. The number of nitrogens with zero attached hydrogens (tertiary/aromatic N) is 1. The molecular weight excluding hydrogens is 280 g/mol. The van der Waals surface area contributed by atoms with Crippen LogP contribution in [0.5, 0.6) is 0 Å². The van der Waals surface area contributed by atoms with Crippen molar-refractivity contribution in [3.63, 3.8) is 0 Å². The Kier molecular flexibility index (Phi) is 3.60. The first kappa shape index (κ1) is 14.0. The Hall–Kier alpha value is -1.47. The lowest BCUT2D eigenvalue weighted by molar-refractivity contribution is -0.141. The van der Waals surface area contributed by atoms with Crippen LogP contribution in [0.1, 0.15) is 16.1 Å². The minimum atomic E-state index is -4.53. The Morgan fingerprint density at radius 2 is 2.00 bits per heavy atom. The lowest BCUT2D eigenvalue weighted by atomic mass is 10.1. The minimum Gasteiger partial charge on any atom is -0.326 e. The summed E-state index contributed by atoms with van der Waals surface area (Å²) < 4.78 is 51.3. The van der Waals surface area contributed by atoms with Gasteiger partial charge in [0.15, 0.2) is 5.69 Å². The van der Waals surface area contributed by atoms with E-state index in [0.717, 1.165) is 11.3 Å². The molecule has 0 bridgehead atoms. The van der Waals surface area contributed by atoms with Crippen molar-refractivity contribution < 1.29 is 17.6 Å². The number of aryl methyl sites for hydroxylation is 1. The van der Waals surface area contributed by atoms with Crippen LogP contribution in [0.2, 0.25) is 0 Å². The molecule has 2 aromatic rings. The van der Waals surface area contributed by atoms with Crippen LogP contribution in [-0.2, 0) is 12.7 Å². The van der Waals surface area contributed by atoms with E-state index in [4.69, 9.17) is 5.73 Å². The first-order valence-electron chi connectivity index (χ1n) is 5.36. The molecule has 19 heavy (non-hydrogen) atoms. The summed E-state index contributed by atoms with van der Waals surface area (Å²) in [5.41, 5.74) is 5.15. The maximum Gasteiger partial charge on any atom is 0.434 e. The maximum atomic E-state index is 13.1. The highest BCUT2D eigenvalue weighted by atomic mass is 32.1. The number of aromatic nitrogens is 1. The van der Waals surface area contributed by atoms with Crippen molar-refractivity contribution in [3.05, 3.63) is 40.2 Å². The third-order valence-corrected chi connectivity index (χ3v) is 3.68. The lowest BCUT2D eigenvalue weighted by Gasteiger charge is -2.03. The molecule has 1 aromatic carbocycles. The van der Waals surface area contributed by atoms with Gasteiger partial charge in [-0.05, 0) is 30.7 Å². The van der Waals surface area contributed by atoms with Crippen molar-refractivity contribution in [2.45, 2.75) is 19.6 Å². The third kappa shape index (κ3) is 2.76. The van der Waals surface area contributed by atoms with Gasteiger partial charge in [0.25, 0.3) is 0 Å². The standard InChI is InChI=1S/C12H10F4N2S/c1-6-4-7(2-3-8(6)13)11-18-10(12(14,15)16)9(5-17)19-11/h2-4H,5,17H2,1H3. The van der Waals surface area contributed by atoms with E-state index in [-0.39, 0.29) is 16.4 Å². The van der Waals surface area contributed by atoms with Gasteiger partial charge < -0.3 is 5.73 Å². The second kappa shape index (κ2) is 4.90. The van der Waals surface area contributed by atoms with Crippen molar-refractivity contribution in [2.75, 3.05) is 0 Å². The molecule has 2 N–H and O–H groups in total. The van der Waals surface area contributed by atoms with Crippen molar-refractivity contribution in [3.8, 4) is 10.6 Å². The average molecular weight is 290 g/mol. The molecule has 0 aliphatic carbocycles. The summed E-state index contributed by atoms with van der Waals surface area (Å²) in [4.78, 5) is 3.56. The topological polar surface area (TPSA) is 38.9 Å². The van der Waals surface area contributed by atoms with Gasteiger partial charge in [-0.15, -0.1) is 11.3 Å². The Morgan fingerprint density at radius 3 is 2.47 bits per heavy atom. The number of alkyl halides is 3. The summed E-state index contributed by atoms with van der Waals surface area (Å²) in [7, 11) is 0. The molecule has 0 saturated carbocycles. The highest BCUT2D eigenvalue weighted by Gasteiger charge is 2.37. The molecule has 1 heterocycles. The number of rotatable bonds is 2. The Bertz CT molecular complexity index is 604. The normalized spacial score (nSPS) is 11.9. The molecule has 2 rings (SSSR count). The molecule has 0 fully saturated rings. The highest BCUT2D eigenvalue weighted by Crippen LogP contribution is 2.37. The molecular formula is C12H10F4N2S. The van der Waals surface area contributed by atoms with Gasteiger partial charge in [0.1, 0.15) is 10.8 Å². The molecule has 0 spiro atoms. The number of nitrogens with two attached hydrogens (primary N) is 1. The van der Waals surface area contributed by atoms with Crippen LogP contribution in [0.15, 0.2) is 18.2 Å². The largest absolute Gasteiger partial charge is 0.434 e. The SMILES string of the molecule is Cc1cc(-c2nc(C(F)(F)F)c(CN)s2)ccc1F. The molecule has 0 atom stereocenters. The van der Waals surface area contributed by atoms with Crippen LogP contribution in [-0.4, -0.2) is 4.98 Å². The van der Waals surface area contributed by atoms with Crippen molar-refractivity contribution in [2.24, 2.45) is 5.73 Å². The zero-order chi connectivity index (χ0) is 14.2. The third-order valence-electron chi connectivity index (χ3n) is 2.56. The lowest BCUT2D eigenvalue weighted by Crippen LogP contribution is -2.10. The fourth-order valence-electron chi connectivity index (χ4n) is 1.61. The highest BCUT2D eigenvalue weighted by molar-refractivity contribution is 7.15. The van der Waals surface area contributed by atoms with Crippen molar-refractivity contribution in [1.29, 1.82) is 0 Å². The van der Waals surface area contributed by atoms with Gasteiger partial charge in [0.2, 0.25) is 0 Å². The Labute approximate surface area is 110 Å². The molecule has 102 valence electrons. The van der Waals surface area contributed by atoms with E-state index in [2.05, 4.69) is 4.98 Å². The molecule has 0 unspecified atom stereocenters. The van der Waals surface area contributed by atoms with Gasteiger partial charge in [0, 0.05) is 12.1 Å². The van der Waals surface area contributed by atoms with Crippen molar-refractivity contribution in [1.82, 2.24) is 4.98 Å². The molecule has 2 nitrogen and oxygen atoms in total. The van der Waals surface area contributed by atoms with Gasteiger partial charge >= 0.3 is 6.18 Å². The second-order valence-corrected chi connectivity index (χ2v) is 5.04. The van der Waals surface area contributed by atoms with Crippen LogP contribution >= 0.6 is 11.3 Å². The number of thiazole rings is 1. The molecule has 0 saturated heterocycles. The molecule has 0 aliphatic heterocycles. The monoisotopic (exact) mass is 290 g/mol. The zero-order valence-corrected chi connectivity index (χ0v) is 10.7. The van der Waals surface area contributed by atoms with Gasteiger partial charge in [-0.2, -0.15) is 13.2 Å². The summed E-state index contributed by atoms with van der Waals surface area (Å²) >= 11 is 0.875. The fourth-order valence-corrected chi connectivity index (χ4v) is 2.57. The number of halogens is 4. The predicted molar refractivity (Wildman–Crippen MR) is 65.1 cm³/mol. The summed E-state index contributed by atoms with van der Waals surface area (Å²) in [6.45, 7) is 1.31. The van der Waals surface area contributed by atoms with Crippen LogP contribution in [0.4, 0.5) is 17.6 Å². The number of hydrogen-bond acceptors (Lipinski definition) is 3. The van der Waals surface area contributed by atoms with E-state index in [9.17, 15) is 17.6 Å². The van der Waals surface area contributed by atoms with Crippen LogP contribution in [0, 0.1) is 12.7 Å². The van der Waals surface area contributed by atoms with Crippen LogP contribution in [0.3, 0.4) is 0 Å². The fraction of sp³-hybridized carbons (Fsp3) is 0.250. The van der Waals surface area contributed by atoms with Gasteiger partial charge in [-0.3, -0.25) is 0 Å². The molecule has 0 radical (unpaired) electrons. The first-order valence-corrected chi connectivity index (χ1v) is 6.18. The van der Waals surface area contributed by atoms with Crippen molar-refractivity contribution >= 4 is 11.3 Å². The van der Waals surface area contributed by atoms with E-state index in [1.165, 1.54) is 18.2 Å². The molecule has 1 aromatic heterocycles. The van der Waals surface area contributed by atoms with Crippen LogP contribution < -0.4 is 5.73 Å². The quantitative estimate of drug-likeness (QED) is 0.856. The zero-order valence-electron chi connectivity index (χ0n) is 9.88. The number of benzene rings is 1. The smallest absolute Gasteiger partial charge is 0.326 e. The van der Waals surface area contributed by atoms with Gasteiger partial charge in [-0.1, -0.05) is 0 Å². The first-order chi connectivity index (χ1) is 8.82. The number of hydrogen-bond donors (Lipinski definition) is 1. The predicted octanol–water partition coefficient (Wildman–Crippen LogP) is 3.74.